The van der Waals surface area contributed by atoms with Gasteiger partial charge in [0, 0.05) is 12.6 Å². The predicted molar refractivity (Wildman–Crippen MR) is 88.5 cm³/mol. The molecule has 0 aliphatic carbocycles. The van der Waals surface area contributed by atoms with Crippen molar-refractivity contribution in [2.45, 2.75) is 59.6 Å². The van der Waals surface area contributed by atoms with Crippen LogP contribution in [0.2, 0.25) is 0 Å². The van der Waals surface area contributed by atoms with Crippen molar-refractivity contribution in [2.24, 2.45) is 5.92 Å². The number of thioether (sulfide) groups is 1. The molecule has 0 rings (SSSR count). The van der Waals surface area contributed by atoms with E-state index in [-0.39, 0.29) is 12.1 Å². The molecule has 0 bridgehead atoms. The molecule has 20 heavy (non-hydrogen) atoms. The van der Waals surface area contributed by atoms with Crippen LogP contribution in [-0.4, -0.2) is 42.3 Å². The van der Waals surface area contributed by atoms with Gasteiger partial charge >= 0.3 is 6.09 Å². The molecule has 0 saturated heterocycles. The number of hydrogen-bond acceptors (Lipinski definition) is 4. The second-order valence-electron chi connectivity index (χ2n) is 6.25. The highest BCUT2D eigenvalue weighted by molar-refractivity contribution is 7.99. The van der Waals surface area contributed by atoms with Crippen molar-refractivity contribution in [3.8, 4) is 0 Å². The summed E-state index contributed by atoms with van der Waals surface area (Å²) >= 11 is 1.96. The Morgan fingerprint density at radius 2 is 1.95 bits per heavy atom. The van der Waals surface area contributed by atoms with E-state index in [9.17, 15) is 4.79 Å². The van der Waals surface area contributed by atoms with Crippen molar-refractivity contribution < 1.29 is 9.53 Å². The van der Waals surface area contributed by atoms with Crippen LogP contribution in [0.25, 0.3) is 0 Å². The summed E-state index contributed by atoms with van der Waals surface area (Å²) in [6, 6.07) is 0.101. The number of carbonyl (C=O) groups excluding carboxylic acids is 1. The van der Waals surface area contributed by atoms with Crippen molar-refractivity contribution in [3.63, 3.8) is 0 Å². The van der Waals surface area contributed by atoms with Gasteiger partial charge in [-0.05, 0) is 51.2 Å². The zero-order valence-electron chi connectivity index (χ0n) is 13.9. The first-order valence-corrected chi connectivity index (χ1v) is 8.69. The molecule has 0 spiro atoms. The average Bonchev–Trinajstić information content (AvgIpc) is 2.29. The lowest BCUT2D eigenvalue weighted by atomic mass is 10.0. The summed E-state index contributed by atoms with van der Waals surface area (Å²) in [5.41, 5.74) is -0.448. The van der Waals surface area contributed by atoms with Gasteiger partial charge in [0.25, 0.3) is 0 Å². The quantitative estimate of drug-likeness (QED) is 0.642. The van der Waals surface area contributed by atoms with Crippen LogP contribution in [0.5, 0.6) is 0 Å². The number of hydrogen-bond donors (Lipinski definition) is 2. The summed E-state index contributed by atoms with van der Waals surface area (Å²) in [6.07, 6.45) is 0.829. The molecular formula is C15H32N2O2S. The first kappa shape index (κ1) is 19.6. The van der Waals surface area contributed by atoms with Gasteiger partial charge in [-0.15, -0.1) is 0 Å². The second kappa shape index (κ2) is 10.3. The molecule has 0 aromatic rings. The maximum Gasteiger partial charge on any atom is 0.407 e. The van der Waals surface area contributed by atoms with Gasteiger partial charge in [-0.25, -0.2) is 4.79 Å². The Kier molecular flexibility index (Phi) is 10.1. The van der Waals surface area contributed by atoms with Gasteiger partial charge in [0.2, 0.25) is 0 Å². The molecule has 5 heteroatoms. The van der Waals surface area contributed by atoms with Gasteiger partial charge in [-0.2, -0.15) is 11.8 Å². The zero-order valence-corrected chi connectivity index (χ0v) is 14.7. The molecule has 0 saturated carbocycles. The number of alkyl carbamates (subject to hydrolysis) is 1. The predicted octanol–water partition coefficient (Wildman–Crippen LogP) is 3.27. The van der Waals surface area contributed by atoms with Crippen molar-refractivity contribution in [3.05, 3.63) is 0 Å². The van der Waals surface area contributed by atoms with Gasteiger partial charge in [0.15, 0.2) is 0 Å². The van der Waals surface area contributed by atoms with Crippen LogP contribution in [0.3, 0.4) is 0 Å². The van der Waals surface area contributed by atoms with E-state index < -0.39 is 5.60 Å². The molecule has 0 aromatic carbocycles. The molecule has 0 aliphatic rings. The Balaban J connectivity index is 3.96. The summed E-state index contributed by atoms with van der Waals surface area (Å²) in [5, 5.41) is 6.36. The minimum atomic E-state index is -0.448. The molecule has 4 nitrogen and oxygen atoms in total. The standard InChI is InChI=1S/C15H32N2O2S/c1-7-20-10-8-9-16-11-13(12(2)3)17-14(18)19-15(4,5)6/h12-13,16H,7-11H2,1-6H3,(H,17,18). The summed E-state index contributed by atoms with van der Waals surface area (Å²) in [6.45, 7) is 13.8. The van der Waals surface area contributed by atoms with Crippen LogP contribution in [0.15, 0.2) is 0 Å². The molecule has 1 atom stereocenters. The van der Waals surface area contributed by atoms with E-state index in [2.05, 4.69) is 31.4 Å². The fourth-order valence-electron chi connectivity index (χ4n) is 1.61. The highest BCUT2D eigenvalue weighted by atomic mass is 32.2. The fraction of sp³-hybridized carbons (Fsp3) is 0.933. The van der Waals surface area contributed by atoms with Gasteiger partial charge in [0.1, 0.15) is 5.60 Å². The van der Waals surface area contributed by atoms with Crippen molar-refractivity contribution in [2.75, 3.05) is 24.6 Å². The van der Waals surface area contributed by atoms with Crippen LogP contribution in [0.4, 0.5) is 4.79 Å². The molecule has 2 N–H and O–H groups in total. The van der Waals surface area contributed by atoms with E-state index in [4.69, 9.17) is 4.74 Å². The lowest BCUT2D eigenvalue weighted by Gasteiger charge is -2.26. The third-order valence-corrected chi connectivity index (χ3v) is 3.70. The van der Waals surface area contributed by atoms with E-state index in [1.165, 1.54) is 11.5 Å². The second-order valence-corrected chi connectivity index (χ2v) is 7.65. The monoisotopic (exact) mass is 304 g/mol. The van der Waals surface area contributed by atoms with Crippen molar-refractivity contribution in [1.29, 1.82) is 0 Å². The third kappa shape index (κ3) is 11.4. The topological polar surface area (TPSA) is 50.4 Å². The van der Waals surface area contributed by atoms with E-state index >= 15 is 0 Å². The Hall–Kier alpha value is -0.420. The lowest BCUT2D eigenvalue weighted by Crippen LogP contribution is -2.47. The lowest BCUT2D eigenvalue weighted by molar-refractivity contribution is 0.0490. The van der Waals surface area contributed by atoms with Crippen LogP contribution < -0.4 is 10.6 Å². The number of carbonyl (C=O) groups is 1. The van der Waals surface area contributed by atoms with Crippen molar-refractivity contribution in [1.82, 2.24) is 10.6 Å². The van der Waals surface area contributed by atoms with E-state index in [1.54, 1.807) is 0 Å². The average molecular weight is 305 g/mol. The first-order valence-electron chi connectivity index (χ1n) is 7.54. The molecule has 0 aromatic heterocycles. The molecule has 120 valence electrons. The Bertz CT molecular complexity index is 265. The Labute approximate surface area is 128 Å². The minimum absolute atomic E-state index is 0.101. The Morgan fingerprint density at radius 3 is 2.45 bits per heavy atom. The largest absolute Gasteiger partial charge is 0.444 e. The van der Waals surface area contributed by atoms with Gasteiger partial charge in [-0.1, -0.05) is 20.8 Å². The molecule has 0 heterocycles. The number of rotatable bonds is 9. The first-order chi connectivity index (χ1) is 9.26. The molecule has 0 radical (unpaired) electrons. The summed E-state index contributed by atoms with van der Waals surface area (Å²) in [4.78, 5) is 11.8. The smallest absolute Gasteiger partial charge is 0.407 e. The zero-order chi connectivity index (χ0) is 15.6. The van der Waals surface area contributed by atoms with Crippen LogP contribution in [0, 0.1) is 5.92 Å². The summed E-state index contributed by atoms with van der Waals surface area (Å²) in [7, 11) is 0. The van der Waals surface area contributed by atoms with Gasteiger partial charge < -0.3 is 15.4 Å². The molecule has 1 amide bonds. The molecule has 0 aliphatic heterocycles. The van der Waals surface area contributed by atoms with Gasteiger partial charge in [-0.3, -0.25) is 0 Å². The number of nitrogens with one attached hydrogen (secondary N) is 2. The van der Waals surface area contributed by atoms with Crippen LogP contribution in [-0.2, 0) is 4.74 Å². The third-order valence-electron chi connectivity index (χ3n) is 2.72. The van der Waals surface area contributed by atoms with Crippen molar-refractivity contribution >= 4 is 17.9 Å². The van der Waals surface area contributed by atoms with E-state index in [0.29, 0.717) is 5.92 Å². The summed E-state index contributed by atoms with van der Waals surface area (Å²) < 4.78 is 5.30. The van der Waals surface area contributed by atoms with E-state index in [0.717, 1.165) is 19.5 Å². The highest BCUT2D eigenvalue weighted by Gasteiger charge is 2.20. The maximum absolute atomic E-state index is 11.8. The van der Waals surface area contributed by atoms with Crippen LogP contribution in [0.1, 0.15) is 48.0 Å². The maximum atomic E-state index is 11.8. The highest BCUT2D eigenvalue weighted by Crippen LogP contribution is 2.08. The molecular weight excluding hydrogens is 272 g/mol. The Morgan fingerprint density at radius 1 is 1.30 bits per heavy atom. The van der Waals surface area contributed by atoms with E-state index in [1.807, 2.05) is 32.5 Å². The SMILES string of the molecule is CCSCCCNCC(NC(=O)OC(C)(C)C)C(C)C. The minimum Gasteiger partial charge on any atom is -0.444 e. The van der Waals surface area contributed by atoms with Gasteiger partial charge in [0.05, 0.1) is 0 Å². The molecule has 0 fully saturated rings. The van der Waals surface area contributed by atoms with Crippen LogP contribution >= 0.6 is 11.8 Å². The number of amides is 1. The normalized spacial score (nSPS) is 13.3. The summed E-state index contributed by atoms with van der Waals surface area (Å²) in [5.74, 6) is 2.74. The number of ether oxygens (including phenoxy) is 1. The fourth-order valence-corrected chi connectivity index (χ4v) is 2.25. The molecule has 1 unspecified atom stereocenters.